The number of nitriles is 1. The highest BCUT2D eigenvalue weighted by Crippen LogP contribution is 2.32. The summed E-state index contributed by atoms with van der Waals surface area (Å²) in [6, 6.07) is 5.09. The first-order chi connectivity index (χ1) is 11.0. The summed E-state index contributed by atoms with van der Waals surface area (Å²) in [5.41, 5.74) is -0.560. The van der Waals surface area contributed by atoms with E-state index in [4.69, 9.17) is 16.3 Å². The molecule has 1 amide bonds. The number of hydrogen-bond acceptors (Lipinski definition) is 5. The molecule has 0 aliphatic heterocycles. The number of carbonyl (C=O) groups is 2. The lowest BCUT2D eigenvalue weighted by atomic mass is 9.81. The average Bonchev–Trinajstić information content (AvgIpc) is 2.59. The summed E-state index contributed by atoms with van der Waals surface area (Å²) in [5, 5.41) is 9.65. The predicted octanol–water partition coefficient (Wildman–Crippen LogP) is 2.58. The van der Waals surface area contributed by atoms with Crippen molar-refractivity contribution in [1.82, 2.24) is 9.88 Å². The largest absolute Gasteiger partial charge is 0.452 e. The van der Waals surface area contributed by atoms with E-state index < -0.39 is 18.1 Å². The Hall–Kier alpha value is -2.13. The third kappa shape index (κ3) is 3.99. The van der Waals surface area contributed by atoms with Crippen molar-refractivity contribution in [3.05, 3.63) is 29.0 Å². The van der Waals surface area contributed by atoms with Crippen molar-refractivity contribution >= 4 is 23.5 Å². The van der Waals surface area contributed by atoms with Crippen molar-refractivity contribution in [3.8, 4) is 6.07 Å². The monoisotopic (exact) mass is 335 g/mol. The van der Waals surface area contributed by atoms with E-state index in [0.29, 0.717) is 12.8 Å². The Kier molecular flexibility index (Phi) is 5.56. The topological polar surface area (TPSA) is 83.3 Å². The minimum Gasteiger partial charge on any atom is -0.452 e. The van der Waals surface area contributed by atoms with Crippen molar-refractivity contribution in [2.24, 2.45) is 0 Å². The lowest BCUT2D eigenvalue weighted by Crippen LogP contribution is -2.51. The lowest BCUT2D eigenvalue weighted by Gasteiger charge is -2.38. The first-order valence-corrected chi connectivity index (χ1v) is 7.83. The predicted molar refractivity (Wildman–Crippen MR) is 83.7 cm³/mol. The van der Waals surface area contributed by atoms with Crippen LogP contribution in [0.2, 0.25) is 5.15 Å². The van der Waals surface area contributed by atoms with Crippen LogP contribution in [0.25, 0.3) is 0 Å². The molecule has 122 valence electrons. The summed E-state index contributed by atoms with van der Waals surface area (Å²) in [4.78, 5) is 29.4. The van der Waals surface area contributed by atoms with Crippen LogP contribution in [0.1, 0.15) is 42.5 Å². The molecule has 6 nitrogen and oxygen atoms in total. The SMILES string of the molecule is CN(C(=O)COC(=O)c1ccnc(Cl)c1)C1(C#N)CCCCC1. The Morgan fingerprint density at radius 2 is 2.13 bits per heavy atom. The van der Waals surface area contributed by atoms with Crippen molar-refractivity contribution in [2.75, 3.05) is 13.7 Å². The number of aromatic nitrogens is 1. The number of halogens is 1. The highest BCUT2D eigenvalue weighted by molar-refractivity contribution is 6.29. The molecule has 1 aromatic rings. The number of pyridine rings is 1. The number of ether oxygens (including phenoxy) is 1. The van der Waals surface area contributed by atoms with Gasteiger partial charge in [-0.05, 0) is 25.0 Å². The van der Waals surface area contributed by atoms with Crippen molar-refractivity contribution in [1.29, 1.82) is 5.26 Å². The highest BCUT2D eigenvalue weighted by atomic mass is 35.5. The lowest BCUT2D eigenvalue weighted by molar-refractivity contribution is -0.138. The molecular weight excluding hydrogens is 318 g/mol. The number of carbonyl (C=O) groups excluding carboxylic acids is 2. The molecule has 2 rings (SSSR count). The number of likely N-dealkylation sites (N-methyl/N-ethyl adjacent to an activating group) is 1. The Morgan fingerprint density at radius 1 is 1.43 bits per heavy atom. The van der Waals surface area contributed by atoms with Gasteiger partial charge in [0.1, 0.15) is 10.7 Å². The fraction of sp³-hybridized carbons (Fsp3) is 0.500. The normalized spacial score (nSPS) is 16.2. The van der Waals surface area contributed by atoms with Gasteiger partial charge in [-0.25, -0.2) is 9.78 Å². The standard InChI is InChI=1S/C16H18ClN3O3/c1-20(16(11-18)6-3-2-4-7-16)14(21)10-23-15(22)12-5-8-19-13(17)9-12/h5,8-9H,2-4,6-7,10H2,1H3. The smallest absolute Gasteiger partial charge is 0.338 e. The highest BCUT2D eigenvalue weighted by Gasteiger charge is 2.38. The van der Waals surface area contributed by atoms with Crippen LogP contribution in [0.3, 0.4) is 0 Å². The van der Waals surface area contributed by atoms with Gasteiger partial charge in [0, 0.05) is 13.2 Å². The number of amides is 1. The molecule has 23 heavy (non-hydrogen) atoms. The van der Waals surface area contributed by atoms with Crippen LogP contribution in [-0.4, -0.2) is 41.0 Å². The summed E-state index contributed by atoms with van der Waals surface area (Å²) in [6.07, 6.45) is 5.60. The zero-order chi connectivity index (χ0) is 16.9. The fourth-order valence-electron chi connectivity index (χ4n) is 2.73. The number of nitrogens with zero attached hydrogens (tertiary/aromatic N) is 3. The maximum absolute atomic E-state index is 12.3. The second-order valence-electron chi connectivity index (χ2n) is 5.60. The Balaban J connectivity index is 1.96. The van der Waals surface area contributed by atoms with Gasteiger partial charge in [0.15, 0.2) is 6.61 Å². The minimum atomic E-state index is -0.790. The molecule has 7 heteroatoms. The number of esters is 1. The molecule has 1 saturated carbocycles. The van der Waals surface area contributed by atoms with Gasteiger partial charge in [-0.1, -0.05) is 30.9 Å². The summed E-state index contributed by atoms with van der Waals surface area (Å²) < 4.78 is 5.02. The van der Waals surface area contributed by atoms with Crippen LogP contribution in [0.4, 0.5) is 0 Å². The van der Waals surface area contributed by atoms with E-state index in [1.807, 2.05) is 0 Å². The van der Waals surface area contributed by atoms with Crippen LogP contribution < -0.4 is 0 Å². The Morgan fingerprint density at radius 3 is 2.74 bits per heavy atom. The molecule has 0 bridgehead atoms. The van der Waals surface area contributed by atoms with Crippen LogP contribution in [0.5, 0.6) is 0 Å². The maximum atomic E-state index is 12.3. The van der Waals surface area contributed by atoms with Crippen molar-refractivity contribution in [2.45, 2.75) is 37.6 Å². The fourth-order valence-corrected chi connectivity index (χ4v) is 2.91. The van der Waals surface area contributed by atoms with Crippen LogP contribution in [0.15, 0.2) is 18.3 Å². The van der Waals surface area contributed by atoms with Crippen LogP contribution >= 0.6 is 11.6 Å². The zero-order valence-corrected chi connectivity index (χ0v) is 13.7. The van der Waals surface area contributed by atoms with Crippen molar-refractivity contribution in [3.63, 3.8) is 0 Å². The second-order valence-corrected chi connectivity index (χ2v) is 5.99. The average molecular weight is 336 g/mol. The third-order valence-electron chi connectivity index (χ3n) is 4.19. The quantitative estimate of drug-likeness (QED) is 0.623. The minimum absolute atomic E-state index is 0.175. The summed E-state index contributed by atoms with van der Waals surface area (Å²) in [7, 11) is 1.59. The first kappa shape index (κ1) is 17.2. The summed E-state index contributed by atoms with van der Waals surface area (Å²) in [5.74, 6) is -1.03. The van der Waals surface area contributed by atoms with E-state index in [2.05, 4.69) is 11.1 Å². The molecule has 1 aromatic heterocycles. The van der Waals surface area contributed by atoms with E-state index in [0.717, 1.165) is 19.3 Å². The third-order valence-corrected chi connectivity index (χ3v) is 4.40. The second kappa shape index (κ2) is 7.42. The Bertz CT molecular complexity index is 636. The zero-order valence-electron chi connectivity index (χ0n) is 12.9. The van der Waals surface area contributed by atoms with Crippen LogP contribution in [0, 0.1) is 11.3 Å². The molecule has 1 fully saturated rings. The summed E-state index contributed by atoms with van der Waals surface area (Å²) >= 11 is 5.71. The van der Waals surface area contributed by atoms with Gasteiger partial charge >= 0.3 is 5.97 Å². The molecule has 1 aliphatic rings. The van der Waals surface area contributed by atoms with E-state index in [1.54, 1.807) is 7.05 Å². The van der Waals surface area contributed by atoms with Gasteiger partial charge < -0.3 is 9.64 Å². The molecule has 0 N–H and O–H groups in total. The molecule has 0 aromatic carbocycles. The van der Waals surface area contributed by atoms with Gasteiger partial charge in [-0.2, -0.15) is 5.26 Å². The van der Waals surface area contributed by atoms with Gasteiger partial charge in [-0.15, -0.1) is 0 Å². The molecule has 0 radical (unpaired) electrons. The number of hydrogen-bond donors (Lipinski definition) is 0. The van der Waals surface area contributed by atoms with Gasteiger partial charge in [-0.3, -0.25) is 4.79 Å². The molecule has 0 unspecified atom stereocenters. The molecule has 1 aliphatic carbocycles. The van der Waals surface area contributed by atoms with Gasteiger partial charge in [0.2, 0.25) is 0 Å². The Labute approximate surface area is 140 Å². The van der Waals surface area contributed by atoms with Gasteiger partial charge in [0.05, 0.1) is 11.6 Å². The molecule has 0 spiro atoms. The first-order valence-electron chi connectivity index (χ1n) is 7.45. The molecular formula is C16H18ClN3O3. The number of rotatable bonds is 4. The van der Waals surface area contributed by atoms with E-state index in [-0.39, 0.29) is 16.6 Å². The maximum Gasteiger partial charge on any atom is 0.338 e. The molecule has 0 saturated heterocycles. The van der Waals surface area contributed by atoms with E-state index in [1.165, 1.54) is 23.2 Å². The molecule has 1 heterocycles. The van der Waals surface area contributed by atoms with E-state index in [9.17, 15) is 14.9 Å². The van der Waals surface area contributed by atoms with Gasteiger partial charge in [0.25, 0.3) is 5.91 Å². The van der Waals surface area contributed by atoms with Crippen molar-refractivity contribution < 1.29 is 14.3 Å². The van der Waals surface area contributed by atoms with E-state index >= 15 is 0 Å². The molecule has 0 atom stereocenters. The van der Waals surface area contributed by atoms with Crippen LogP contribution in [-0.2, 0) is 9.53 Å². The summed E-state index contributed by atoms with van der Waals surface area (Å²) in [6.45, 7) is -0.404.